The Bertz CT molecular complexity index is 851. The van der Waals surface area contributed by atoms with Crippen LogP contribution in [0.25, 0.3) is 6.08 Å². The van der Waals surface area contributed by atoms with Crippen molar-refractivity contribution in [3.8, 4) is 11.5 Å². The summed E-state index contributed by atoms with van der Waals surface area (Å²) in [6.07, 6.45) is 6.75. The largest absolute Gasteiger partial charge is 0.507 e. The Morgan fingerprint density at radius 2 is 1.89 bits per heavy atom. The van der Waals surface area contributed by atoms with E-state index in [0.29, 0.717) is 29.7 Å². The van der Waals surface area contributed by atoms with Gasteiger partial charge in [-0.3, -0.25) is 0 Å². The number of methoxy groups -OCH3 is 2. The molecule has 0 fully saturated rings. The SMILES string of the molecule is C=C(C)CCc1c(OC)cc(C=CCCc2ccccc2)c(C(=O)OC)c1O. The van der Waals surface area contributed by atoms with Crippen LogP contribution in [0.1, 0.15) is 46.8 Å². The van der Waals surface area contributed by atoms with E-state index in [1.807, 2.05) is 37.3 Å². The van der Waals surface area contributed by atoms with Crippen LogP contribution in [-0.2, 0) is 17.6 Å². The third kappa shape index (κ3) is 5.49. The lowest BCUT2D eigenvalue weighted by molar-refractivity contribution is 0.0597. The maximum Gasteiger partial charge on any atom is 0.342 e. The number of rotatable bonds is 9. The van der Waals surface area contributed by atoms with Gasteiger partial charge in [-0.2, -0.15) is 0 Å². The summed E-state index contributed by atoms with van der Waals surface area (Å²) in [4.78, 5) is 12.3. The number of phenols is 1. The second-order valence-electron chi connectivity index (χ2n) is 6.75. The molecule has 0 saturated carbocycles. The Balaban J connectivity index is 2.33. The van der Waals surface area contributed by atoms with Crippen LogP contribution < -0.4 is 4.74 Å². The molecule has 2 rings (SSSR count). The third-order valence-electron chi connectivity index (χ3n) is 4.55. The summed E-state index contributed by atoms with van der Waals surface area (Å²) in [6, 6.07) is 12.0. The predicted octanol–water partition coefficient (Wildman–Crippen LogP) is 5.34. The Labute approximate surface area is 167 Å². The highest BCUT2D eigenvalue weighted by molar-refractivity contribution is 5.97. The van der Waals surface area contributed by atoms with Gasteiger partial charge in [-0.15, -0.1) is 6.58 Å². The molecule has 2 aromatic carbocycles. The van der Waals surface area contributed by atoms with Crippen LogP contribution in [0.3, 0.4) is 0 Å². The molecular formula is C24H28O4. The van der Waals surface area contributed by atoms with Crippen molar-refractivity contribution in [2.24, 2.45) is 0 Å². The molecule has 4 nitrogen and oxygen atoms in total. The zero-order chi connectivity index (χ0) is 20.5. The second kappa shape index (κ2) is 10.4. The molecule has 0 aromatic heterocycles. The standard InChI is InChI=1S/C24H28O4/c1-17(2)14-15-20-21(27-3)16-19(22(23(20)25)24(26)28-4)13-9-8-12-18-10-6-5-7-11-18/h5-7,9-11,13,16,25H,1,8,12,14-15H2,2-4H3. The maximum atomic E-state index is 12.3. The Kier molecular flexibility index (Phi) is 7.88. The molecule has 28 heavy (non-hydrogen) atoms. The van der Waals surface area contributed by atoms with Gasteiger partial charge in [0.25, 0.3) is 0 Å². The minimum Gasteiger partial charge on any atom is -0.507 e. The van der Waals surface area contributed by atoms with E-state index in [1.54, 1.807) is 13.2 Å². The summed E-state index contributed by atoms with van der Waals surface area (Å²) in [5, 5.41) is 10.8. The van der Waals surface area contributed by atoms with E-state index in [2.05, 4.69) is 18.7 Å². The van der Waals surface area contributed by atoms with Crippen molar-refractivity contribution in [2.45, 2.75) is 32.6 Å². The van der Waals surface area contributed by atoms with Crippen LogP contribution in [0, 0.1) is 0 Å². The van der Waals surface area contributed by atoms with Gasteiger partial charge in [0.05, 0.1) is 14.2 Å². The molecule has 0 unspecified atom stereocenters. The normalized spacial score (nSPS) is 10.8. The van der Waals surface area contributed by atoms with Gasteiger partial charge in [0.1, 0.15) is 17.1 Å². The molecule has 0 spiro atoms. The topological polar surface area (TPSA) is 55.8 Å². The molecular weight excluding hydrogens is 352 g/mol. The number of ether oxygens (including phenoxy) is 2. The van der Waals surface area contributed by atoms with Crippen LogP contribution in [0.15, 0.2) is 54.6 Å². The minimum atomic E-state index is -0.570. The summed E-state index contributed by atoms with van der Waals surface area (Å²) in [7, 11) is 2.86. The highest BCUT2D eigenvalue weighted by Crippen LogP contribution is 2.37. The Hall–Kier alpha value is -3.01. The number of allylic oxidation sites excluding steroid dienone is 2. The number of phenolic OH excluding ortho intramolecular Hbond substituents is 1. The number of esters is 1. The summed E-state index contributed by atoms with van der Waals surface area (Å²) >= 11 is 0. The molecule has 0 radical (unpaired) electrons. The third-order valence-corrected chi connectivity index (χ3v) is 4.55. The van der Waals surface area contributed by atoms with Crippen molar-refractivity contribution >= 4 is 12.0 Å². The molecule has 0 saturated heterocycles. The van der Waals surface area contributed by atoms with Gasteiger partial charge in [-0.25, -0.2) is 4.79 Å². The molecule has 1 N–H and O–H groups in total. The van der Waals surface area contributed by atoms with Gasteiger partial charge < -0.3 is 14.6 Å². The van der Waals surface area contributed by atoms with Crippen LogP contribution in [0.4, 0.5) is 0 Å². The first kappa shape index (κ1) is 21.3. The van der Waals surface area contributed by atoms with E-state index >= 15 is 0 Å². The van der Waals surface area contributed by atoms with E-state index < -0.39 is 5.97 Å². The number of benzene rings is 2. The monoisotopic (exact) mass is 380 g/mol. The second-order valence-corrected chi connectivity index (χ2v) is 6.75. The van der Waals surface area contributed by atoms with Crippen LogP contribution in [0.2, 0.25) is 0 Å². The van der Waals surface area contributed by atoms with Crippen molar-refractivity contribution < 1.29 is 19.4 Å². The molecule has 0 bridgehead atoms. The molecule has 0 atom stereocenters. The van der Waals surface area contributed by atoms with Crippen molar-refractivity contribution in [1.29, 1.82) is 0 Å². The zero-order valence-corrected chi connectivity index (χ0v) is 16.8. The summed E-state index contributed by atoms with van der Waals surface area (Å²) in [5.74, 6) is -0.108. The average molecular weight is 380 g/mol. The lowest BCUT2D eigenvalue weighted by Crippen LogP contribution is -2.07. The molecule has 0 amide bonds. The molecule has 148 valence electrons. The lowest BCUT2D eigenvalue weighted by atomic mass is 9.96. The van der Waals surface area contributed by atoms with E-state index in [9.17, 15) is 9.90 Å². The number of hydrogen-bond acceptors (Lipinski definition) is 4. The average Bonchev–Trinajstić information content (AvgIpc) is 2.70. The lowest BCUT2D eigenvalue weighted by Gasteiger charge is -2.16. The van der Waals surface area contributed by atoms with E-state index in [0.717, 1.165) is 18.4 Å². The van der Waals surface area contributed by atoms with Crippen LogP contribution in [0.5, 0.6) is 11.5 Å². The quantitative estimate of drug-likeness (QED) is 0.471. The first-order valence-electron chi connectivity index (χ1n) is 9.33. The molecule has 2 aromatic rings. The van der Waals surface area contributed by atoms with Gasteiger partial charge in [0.2, 0.25) is 0 Å². The maximum absolute atomic E-state index is 12.3. The summed E-state index contributed by atoms with van der Waals surface area (Å²) in [5.41, 5.74) is 3.57. The van der Waals surface area contributed by atoms with Crippen molar-refractivity contribution in [2.75, 3.05) is 14.2 Å². The van der Waals surface area contributed by atoms with E-state index in [4.69, 9.17) is 9.47 Å². The number of carbonyl (C=O) groups is 1. The van der Waals surface area contributed by atoms with Gasteiger partial charge in [-0.1, -0.05) is 48.1 Å². The first-order chi connectivity index (χ1) is 13.5. The van der Waals surface area contributed by atoms with Gasteiger partial charge in [-0.05, 0) is 49.8 Å². The van der Waals surface area contributed by atoms with Crippen LogP contribution in [-0.4, -0.2) is 25.3 Å². The first-order valence-corrected chi connectivity index (χ1v) is 9.33. The number of aryl methyl sites for hydroxylation is 1. The fourth-order valence-corrected chi connectivity index (χ4v) is 3.02. The Morgan fingerprint density at radius 1 is 1.18 bits per heavy atom. The number of hydrogen-bond donors (Lipinski definition) is 1. The van der Waals surface area contributed by atoms with Crippen molar-refractivity contribution in [1.82, 2.24) is 0 Å². The van der Waals surface area contributed by atoms with Crippen LogP contribution >= 0.6 is 0 Å². The fourth-order valence-electron chi connectivity index (χ4n) is 3.02. The molecule has 4 heteroatoms. The van der Waals surface area contributed by atoms with Crippen molar-refractivity contribution in [3.63, 3.8) is 0 Å². The highest BCUT2D eigenvalue weighted by Gasteiger charge is 2.22. The fraction of sp³-hybridized carbons (Fsp3) is 0.292. The Morgan fingerprint density at radius 3 is 2.50 bits per heavy atom. The van der Waals surface area contributed by atoms with Crippen molar-refractivity contribution in [3.05, 3.63) is 76.9 Å². The number of aromatic hydroxyl groups is 1. The van der Waals surface area contributed by atoms with E-state index in [-0.39, 0.29) is 11.3 Å². The molecule has 0 aliphatic rings. The molecule has 0 aliphatic carbocycles. The highest BCUT2D eigenvalue weighted by atomic mass is 16.5. The smallest absolute Gasteiger partial charge is 0.342 e. The molecule has 0 heterocycles. The minimum absolute atomic E-state index is 0.0878. The van der Waals surface area contributed by atoms with Gasteiger partial charge in [0, 0.05) is 5.56 Å². The predicted molar refractivity (Wildman–Crippen MR) is 113 cm³/mol. The summed E-state index contributed by atoms with van der Waals surface area (Å²) in [6.45, 7) is 5.82. The number of carbonyl (C=O) groups excluding carboxylic acids is 1. The van der Waals surface area contributed by atoms with Gasteiger partial charge >= 0.3 is 5.97 Å². The molecule has 0 aliphatic heterocycles. The zero-order valence-electron chi connectivity index (χ0n) is 16.8. The summed E-state index contributed by atoms with van der Waals surface area (Å²) < 4.78 is 10.4. The van der Waals surface area contributed by atoms with Gasteiger partial charge in [0.15, 0.2) is 0 Å². The van der Waals surface area contributed by atoms with E-state index in [1.165, 1.54) is 12.7 Å².